The minimum atomic E-state index is -3.77. The molecule has 3 rings (SSSR count). The molecular weight excluding hydrogens is 310 g/mol. The molecule has 5 nitrogen and oxygen atoms in total. The summed E-state index contributed by atoms with van der Waals surface area (Å²) in [5, 5.41) is -0.0466. The number of nitrogens with zero attached hydrogens (tertiary/aromatic N) is 3. The molecule has 0 spiro atoms. The molecule has 0 aromatic carbocycles. The van der Waals surface area contributed by atoms with Crippen LogP contribution in [0.5, 0.6) is 0 Å². The van der Waals surface area contributed by atoms with Gasteiger partial charge in [-0.25, -0.2) is 13.4 Å². The van der Waals surface area contributed by atoms with Crippen LogP contribution in [0.2, 0.25) is 5.15 Å². The Bertz CT molecular complexity index is 818. The first kappa shape index (κ1) is 14.4. The summed E-state index contributed by atoms with van der Waals surface area (Å²) in [5.74, 6) is 2.81. The summed E-state index contributed by atoms with van der Waals surface area (Å²) >= 11 is 6.06. The summed E-state index contributed by atoms with van der Waals surface area (Å²) in [6.07, 6.45) is 9.02. The zero-order chi connectivity index (χ0) is 15.0. The van der Waals surface area contributed by atoms with Crippen LogP contribution < -0.4 is 0 Å². The van der Waals surface area contributed by atoms with Gasteiger partial charge >= 0.3 is 0 Å². The molecule has 0 bridgehead atoms. The highest BCUT2D eigenvalue weighted by Gasteiger charge is 2.34. The zero-order valence-corrected chi connectivity index (χ0v) is 12.8. The van der Waals surface area contributed by atoms with Crippen LogP contribution in [0.1, 0.15) is 12.8 Å². The molecule has 0 amide bonds. The van der Waals surface area contributed by atoms with Gasteiger partial charge in [-0.05, 0) is 30.9 Å². The number of imidazole rings is 1. The fraction of sp³-hybridized carbons (Fsp3) is 0.357. The molecule has 0 radical (unpaired) electrons. The van der Waals surface area contributed by atoms with Crippen molar-refractivity contribution in [2.75, 3.05) is 13.1 Å². The van der Waals surface area contributed by atoms with E-state index in [1.807, 2.05) is 0 Å². The second kappa shape index (κ2) is 5.34. The third-order valence-electron chi connectivity index (χ3n) is 3.46. The number of pyridine rings is 1. The van der Waals surface area contributed by atoms with Crippen LogP contribution in [-0.4, -0.2) is 35.2 Å². The summed E-state index contributed by atoms with van der Waals surface area (Å²) in [4.78, 5) is 4.09. The van der Waals surface area contributed by atoms with E-state index in [1.54, 1.807) is 24.4 Å². The van der Waals surface area contributed by atoms with Gasteiger partial charge in [0.2, 0.25) is 0 Å². The van der Waals surface area contributed by atoms with E-state index in [2.05, 4.69) is 10.9 Å². The third-order valence-corrected chi connectivity index (χ3v) is 5.67. The molecule has 0 atom stereocenters. The van der Waals surface area contributed by atoms with Gasteiger partial charge in [0.25, 0.3) is 10.0 Å². The van der Waals surface area contributed by atoms with Crippen LogP contribution in [0, 0.1) is 18.3 Å². The number of halogens is 1. The number of rotatable bonds is 5. The molecule has 1 aliphatic rings. The number of terminal acetylenes is 1. The molecular formula is C14H14ClN3O2S. The summed E-state index contributed by atoms with van der Waals surface area (Å²) < 4.78 is 28.5. The molecule has 1 saturated carbocycles. The maximum atomic E-state index is 12.9. The van der Waals surface area contributed by atoms with Gasteiger partial charge in [-0.15, -0.1) is 6.42 Å². The Morgan fingerprint density at radius 3 is 2.90 bits per heavy atom. The van der Waals surface area contributed by atoms with Gasteiger partial charge in [-0.3, -0.25) is 4.40 Å². The van der Waals surface area contributed by atoms with Crippen LogP contribution in [0.15, 0.2) is 29.4 Å². The number of hydrogen-bond donors (Lipinski definition) is 0. The van der Waals surface area contributed by atoms with E-state index in [-0.39, 0.29) is 16.7 Å². The molecule has 0 unspecified atom stereocenters. The number of sulfonamides is 1. The van der Waals surface area contributed by atoms with Gasteiger partial charge in [0.15, 0.2) is 10.2 Å². The van der Waals surface area contributed by atoms with E-state index in [0.717, 1.165) is 12.8 Å². The normalized spacial score (nSPS) is 15.5. The van der Waals surface area contributed by atoms with Gasteiger partial charge in [-0.1, -0.05) is 23.6 Å². The van der Waals surface area contributed by atoms with Crippen molar-refractivity contribution in [3.05, 3.63) is 29.5 Å². The van der Waals surface area contributed by atoms with E-state index < -0.39 is 10.0 Å². The lowest BCUT2D eigenvalue weighted by atomic mass is 10.4. The second-order valence-electron chi connectivity index (χ2n) is 5.08. The SMILES string of the molecule is C#CCN(CC1CC1)S(=O)(=O)c1c(Cl)nc2ccccn12. The number of aromatic nitrogens is 2. The highest BCUT2D eigenvalue weighted by molar-refractivity contribution is 7.89. The fourth-order valence-corrected chi connectivity index (χ4v) is 4.26. The average molecular weight is 324 g/mol. The lowest BCUT2D eigenvalue weighted by Crippen LogP contribution is -2.34. The minimum Gasteiger partial charge on any atom is -0.288 e. The van der Waals surface area contributed by atoms with Crippen molar-refractivity contribution in [1.82, 2.24) is 13.7 Å². The molecule has 110 valence electrons. The molecule has 2 heterocycles. The van der Waals surface area contributed by atoms with Crippen molar-refractivity contribution < 1.29 is 8.42 Å². The third kappa shape index (κ3) is 2.64. The van der Waals surface area contributed by atoms with Crippen LogP contribution in [0.3, 0.4) is 0 Å². The zero-order valence-electron chi connectivity index (χ0n) is 11.2. The molecule has 0 N–H and O–H groups in total. The van der Waals surface area contributed by atoms with Gasteiger partial charge < -0.3 is 0 Å². The molecule has 21 heavy (non-hydrogen) atoms. The maximum Gasteiger partial charge on any atom is 0.263 e. The lowest BCUT2D eigenvalue weighted by Gasteiger charge is -2.19. The fourth-order valence-electron chi connectivity index (χ4n) is 2.24. The van der Waals surface area contributed by atoms with Crippen molar-refractivity contribution >= 4 is 27.3 Å². The van der Waals surface area contributed by atoms with E-state index >= 15 is 0 Å². The van der Waals surface area contributed by atoms with Gasteiger partial charge in [0, 0.05) is 12.7 Å². The largest absolute Gasteiger partial charge is 0.288 e. The number of hydrogen-bond acceptors (Lipinski definition) is 3. The van der Waals surface area contributed by atoms with Crippen molar-refractivity contribution in [2.45, 2.75) is 17.9 Å². The summed E-state index contributed by atoms with van der Waals surface area (Å²) in [6, 6.07) is 5.21. The lowest BCUT2D eigenvalue weighted by molar-refractivity contribution is 0.427. The predicted octanol–water partition coefficient (Wildman–Crippen LogP) is 2.02. The highest BCUT2D eigenvalue weighted by Crippen LogP contribution is 2.33. The van der Waals surface area contributed by atoms with Gasteiger partial charge in [-0.2, -0.15) is 4.31 Å². The average Bonchev–Trinajstić information content (AvgIpc) is 3.18. The first-order valence-corrected chi connectivity index (χ1v) is 8.42. The second-order valence-corrected chi connectivity index (χ2v) is 7.29. The molecule has 1 aliphatic carbocycles. The van der Waals surface area contributed by atoms with E-state index in [9.17, 15) is 8.42 Å². The van der Waals surface area contributed by atoms with Crippen molar-refractivity contribution in [2.24, 2.45) is 5.92 Å². The maximum absolute atomic E-state index is 12.9. The Labute approximate surface area is 128 Å². The molecule has 1 fully saturated rings. The first-order valence-electron chi connectivity index (χ1n) is 6.60. The van der Waals surface area contributed by atoms with Gasteiger partial charge in [0.1, 0.15) is 5.65 Å². The first-order chi connectivity index (χ1) is 10.0. The molecule has 2 aromatic rings. The van der Waals surface area contributed by atoms with Gasteiger partial charge in [0.05, 0.1) is 6.54 Å². The van der Waals surface area contributed by atoms with E-state index in [4.69, 9.17) is 18.0 Å². The molecule has 7 heteroatoms. The summed E-state index contributed by atoms with van der Waals surface area (Å²) in [7, 11) is -3.77. The Kier molecular flexibility index (Phi) is 3.66. The van der Waals surface area contributed by atoms with Crippen LogP contribution in [0.25, 0.3) is 5.65 Å². The molecule has 0 saturated heterocycles. The summed E-state index contributed by atoms with van der Waals surface area (Å²) in [6.45, 7) is 0.470. The predicted molar refractivity (Wildman–Crippen MR) is 80.5 cm³/mol. The molecule has 2 aromatic heterocycles. The quantitative estimate of drug-likeness (QED) is 0.791. The standard InChI is InChI=1S/C14H14ClN3O2S/c1-2-8-17(10-11-6-7-11)21(19,20)14-13(15)16-12-5-3-4-9-18(12)14/h1,3-5,9,11H,6-8,10H2. The van der Waals surface area contributed by atoms with Crippen molar-refractivity contribution in [3.63, 3.8) is 0 Å². The Morgan fingerprint density at radius 2 is 2.24 bits per heavy atom. The smallest absolute Gasteiger partial charge is 0.263 e. The van der Waals surface area contributed by atoms with Crippen molar-refractivity contribution in [3.8, 4) is 12.3 Å². The highest BCUT2D eigenvalue weighted by atomic mass is 35.5. The van der Waals surface area contributed by atoms with E-state index in [0.29, 0.717) is 18.1 Å². The topological polar surface area (TPSA) is 54.7 Å². The number of fused-ring (bicyclic) bond motifs is 1. The Hall–Kier alpha value is -1.55. The Morgan fingerprint density at radius 1 is 1.48 bits per heavy atom. The Balaban J connectivity index is 2.09. The van der Waals surface area contributed by atoms with Crippen LogP contribution >= 0.6 is 11.6 Å². The van der Waals surface area contributed by atoms with Crippen LogP contribution in [0.4, 0.5) is 0 Å². The summed E-state index contributed by atoms with van der Waals surface area (Å²) in [5.41, 5.74) is 0.494. The van der Waals surface area contributed by atoms with E-state index in [1.165, 1.54) is 8.71 Å². The van der Waals surface area contributed by atoms with Crippen LogP contribution in [-0.2, 0) is 10.0 Å². The monoisotopic (exact) mass is 323 g/mol. The van der Waals surface area contributed by atoms with Crippen molar-refractivity contribution in [1.29, 1.82) is 0 Å². The molecule has 0 aliphatic heterocycles. The minimum absolute atomic E-state index is 0.0179.